The van der Waals surface area contributed by atoms with Gasteiger partial charge in [0.25, 0.3) is 0 Å². The third-order valence-electron chi connectivity index (χ3n) is 3.85. The summed E-state index contributed by atoms with van der Waals surface area (Å²) in [5, 5.41) is 3.22. The number of hydrogen-bond donors (Lipinski definition) is 4. The van der Waals surface area contributed by atoms with Crippen LogP contribution in [0.15, 0.2) is 0 Å². The van der Waals surface area contributed by atoms with Gasteiger partial charge in [0.15, 0.2) is 0 Å². The second-order valence-electron chi connectivity index (χ2n) is 7.65. The Morgan fingerprint density at radius 1 is 0.793 bits per heavy atom. The van der Waals surface area contributed by atoms with Crippen molar-refractivity contribution in [1.29, 1.82) is 0 Å². The summed E-state index contributed by atoms with van der Waals surface area (Å²) in [7, 11) is 0. The molecule has 0 aliphatic rings. The topological polar surface area (TPSA) is 141 Å². The van der Waals surface area contributed by atoms with Crippen LogP contribution < -0.4 is 22.5 Å². The van der Waals surface area contributed by atoms with E-state index in [1.165, 1.54) is 0 Å². The number of amides is 1. The molecule has 174 valence electrons. The van der Waals surface area contributed by atoms with E-state index in [0.717, 1.165) is 13.1 Å². The Morgan fingerprint density at radius 3 is 1.86 bits per heavy atom. The molecule has 0 atom stereocenters. The highest BCUT2D eigenvalue weighted by atomic mass is 16.6. The van der Waals surface area contributed by atoms with Crippen molar-refractivity contribution < 1.29 is 19.0 Å². The number of hydrogen-bond acceptors (Lipinski definition) is 9. The van der Waals surface area contributed by atoms with Gasteiger partial charge in [0.1, 0.15) is 5.60 Å². The lowest BCUT2D eigenvalue weighted by Gasteiger charge is -2.30. The van der Waals surface area contributed by atoms with Crippen LogP contribution in [0.4, 0.5) is 4.79 Å². The summed E-state index contributed by atoms with van der Waals surface area (Å²) in [6.07, 6.45) is -0.314. The Morgan fingerprint density at radius 2 is 1.38 bits per heavy atom. The molecular weight excluding hydrogens is 376 g/mol. The summed E-state index contributed by atoms with van der Waals surface area (Å²) >= 11 is 0. The van der Waals surface area contributed by atoms with Crippen molar-refractivity contribution >= 4 is 6.09 Å². The molecule has 0 aliphatic heterocycles. The zero-order chi connectivity index (χ0) is 22.0. The molecule has 0 aromatic rings. The molecule has 7 N–H and O–H groups in total. The van der Waals surface area contributed by atoms with Gasteiger partial charge in [-0.05, 0) is 20.8 Å². The Balaban J connectivity index is 4.69. The number of carbonyl (C=O) groups is 1. The Labute approximate surface area is 176 Å². The second kappa shape index (κ2) is 17.8. The number of ether oxygens (including phenoxy) is 3. The minimum absolute atomic E-state index is 0.314. The Hall–Kier alpha value is -1.01. The van der Waals surface area contributed by atoms with Crippen molar-refractivity contribution in [3.05, 3.63) is 0 Å². The van der Waals surface area contributed by atoms with Crippen LogP contribution in [-0.2, 0) is 14.2 Å². The molecule has 0 saturated heterocycles. The molecule has 0 radical (unpaired) electrons. The smallest absolute Gasteiger partial charge is 0.410 e. The van der Waals surface area contributed by atoms with Crippen LogP contribution in [0, 0.1) is 0 Å². The van der Waals surface area contributed by atoms with Gasteiger partial charge in [-0.3, -0.25) is 4.90 Å². The van der Waals surface area contributed by atoms with E-state index in [9.17, 15) is 4.79 Å². The maximum atomic E-state index is 12.6. The lowest BCUT2D eigenvalue weighted by atomic mass is 10.2. The predicted molar refractivity (Wildman–Crippen MR) is 116 cm³/mol. The van der Waals surface area contributed by atoms with Crippen LogP contribution in [0.25, 0.3) is 0 Å². The van der Waals surface area contributed by atoms with E-state index in [-0.39, 0.29) is 6.09 Å². The lowest BCUT2D eigenvalue weighted by Crippen LogP contribution is -2.45. The number of rotatable bonds is 18. The highest BCUT2D eigenvalue weighted by molar-refractivity contribution is 5.68. The maximum Gasteiger partial charge on any atom is 0.410 e. The Bertz CT molecular complexity index is 383. The fourth-order valence-corrected chi connectivity index (χ4v) is 2.42. The zero-order valence-electron chi connectivity index (χ0n) is 18.7. The number of nitrogens with zero attached hydrogens (tertiary/aromatic N) is 2. The fourth-order valence-electron chi connectivity index (χ4n) is 2.42. The van der Waals surface area contributed by atoms with Crippen LogP contribution in [0.1, 0.15) is 20.8 Å². The minimum atomic E-state index is -0.536. The van der Waals surface area contributed by atoms with Crippen molar-refractivity contribution in [2.24, 2.45) is 17.2 Å². The van der Waals surface area contributed by atoms with E-state index in [2.05, 4.69) is 10.2 Å². The molecule has 0 bridgehead atoms. The van der Waals surface area contributed by atoms with Gasteiger partial charge in [-0.15, -0.1) is 0 Å². The third kappa shape index (κ3) is 17.6. The molecule has 0 fully saturated rings. The van der Waals surface area contributed by atoms with Crippen LogP contribution in [0.5, 0.6) is 0 Å². The van der Waals surface area contributed by atoms with Gasteiger partial charge in [0.05, 0.1) is 26.4 Å². The SMILES string of the molecule is CC(C)(C)OC(=O)N(CCNCCN)CCN(CCOCCN)CCOCCN. The summed E-state index contributed by atoms with van der Waals surface area (Å²) in [4.78, 5) is 16.5. The summed E-state index contributed by atoms with van der Waals surface area (Å²) < 4.78 is 16.6. The van der Waals surface area contributed by atoms with Crippen LogP contribution in [0.2, 0.25) is 0 Å². The minimum Gasteiger partial charge on any atom is -0.444 e. The average molecular weight is 421 g/mol. The molecular formula is C19H44N6O4. The summed E-state index contributed by atoms with van der Waals surface area (Å²) in [5.74, 6) is 0. The molecule has 0 rings (SSSR count). The molecule has 0 aliphatic carbocycles. The van der Waals surface area contributed by atoms with Crippen molar-refractivity contribution in [2.45, 2.75) is 26.4 Å². The van der Waals surface area contributed by atoms with Gasteiger partial charge >= 0.3 is 6.09 Å². The summed E-state index contributed by atoms with van der Waals surface area (Å²) in [5.41, 5.74) is 15.9. The van der Waals surface area contributed by atoms with Crippen LogP contribution in [0.3, 0.4) is 0 Å². The Kier molecular flexibility index (Phi) is 17.2. The molecule has 10 heteroatoms. The van der Waals surface area contributed by atoms with E-state index in [1.807, 2.05) is 20.8 Å². The van der Waals surface area contributed by atoms with Gasteiger partial charge in [-0.25, -0.2) is 4.79 Å². The predicted octanol–water partition coefficient (Wildman–Crippen LogP) is -0.976. The van der Waals surface area contributed by atoms with E-state index in [1.54, 1.807) is 4.90 Å². The highest BCUT2D eigenvalue weighted by Gasteiger charge is 2.22. The molecule has 0 aromatic heterocycles. The number of carbonyl (C=O) groups excluding carboxylic acids is 1. The average Bonchev–Trinajstić information content (AvgIpc) is 2.65. The molecule has 29 heavy (non-hydrogen) atoms. The molecule has 0 aromatic carbocycles. The van der Waals surface area contributed by atoms with Gasteiger partial charge in [-0.1, -0.05) is 0 Å². The van der Waals surface area contributed by atoms with Gasteiger partial charge in [-0.2, -0.15) is 0 Å². The largest absolute Gasteiger partial charge is 0.444 e. The van der Waals surface area contributed by atoms with E-state index in [0.29, 0.717) is 78.8 Å². The van der Waals surface area contributed by atoms with Crippen molar-refractivity contribution in [3.63, 3.8) is 0 Å². The van der Waals surface area contributed by atoms with E-state index < -0.39 is 5.60 Å². The number of nitrogens with one attached hydrogen (secondary N) is 1. The van der Waals surface area contributed by atoms with Gasteiger partial charge < -0.3 is 41.6 Å². The first-order valence-electron chi connectivity index (χ1n) is 10.5. The van der Waals surface area contributed by atoms with Gasteiger partial charge in [0, 0.05) is 65.4 Å². The fraction of sp³-hybridized carbons (Fsp3) is 0.947. The first-order chi connectivity index (χ1) is 13.8. The lowest BCUT2D eigenvalue weighted by molar-refractivity contribution is 0.0215. The first kappa shape index (κ1) is 28.0. The van der Waals surface area contributed by atoms with Crippen LogP contribution >= 0.6 is 0 Å². The molecule has 1 amide bonds. The molecule has 0 unspecified atom stereocenters. The maximum absolute atomic E-state index is 12.6. The quantitative estimate of drug-likeness (QED) is 0.206. The second-order valence-corrected chi connectivity index (χ2v) is 7.65. The molecule has 0 saturated carbocycles. The van der Waals surface area contributed by atoms with Crippen molar-refractivity contribution in [2.75, 3.05) is 91.9 Å². The third-order valence-corrected chi connectivity index (χ3v) is 3.85. The normalized spacial score (nSPS) is 11.8. The zero-order valence-corrected chi connectivity index (χ0v) is 18.7. The van der Waals surface area contributed by atoms with E-state index in [4.69, 9.17) is 31.4 Å². The highest BCUT2D eigenvalue weighted by Crippen LogP contribution is 2.10. The van der Waals surface area contributed by atoms with Crippen molar-refractivity contribution in [1.82, 2.24) is 15.1 Å². The molecule has 0 heterocycles. The first-order valence-corrected chi connectivity index (χ1v) is 10.5. The molecule has 0 spiro atoms. The number of nitrogens with two attached hydrogens (primary N) is 3. The van der Waals surface area contributed by atoms with Crippen molar-refractivity contribution in [3.8, 4) is 0 Å². The summed E-state index contributed by atoms with van der Waals surface area (Å²) in [6, 6.07) is 0. The van der Waals surface area contributed by atoms with Gasteiger partial charge in [0.2, 0.25) is 0 Å². The van der Waals surface area contributed by atoms with Crippen LogP contribution in [-0.4, -0.2) is 113 Å². The standard InChI is InChI=1S/C19H44N6O4/c1-19(2,3)29-18(26)25(9-8-23-7-4-20)11-10-24(12-16-27-14-5-21)13-17-28-15-6-22/h23H,4-17,20-22H2,1-3H3. The monoisotopic (exact) mass is 420 g/mol. The molecule has 10 nitrogen and oxygen atoms in total. The van der Waals surface area contributed by atoms with E-state index >= 15 is 0 Å². The summed E-state index contributed by atoms with van der Waals surface area (Å²) in [6.45, 7) is 14.0.